The number of aryl methyl sites for hydroxylation is 1. The molecule has 2 heterocycles. The van der Waals surface area contributed by atoms with Gasteiger partial charge in [-0.2, -0.15) is 5.26 Å². The van der Waals surface area contributed by atoms with Gasteiger partial charge < -0.3 is 10.0 Å². The molecule has 0 saturated carbocycles. The van der Waals surface area contributed by atoms with E-state index in [1.54, 1.807) is 6.07 Å². The molecule has 1 unspecified atom stereocenters. The molecule has 0 radical (unpaired) electrons. The van der Waals surface area contributed by atoms with Gasteiger partial charge in [0.1, 0.15) is 11.9 Å². The Labute approximate surface area is 102 Å². The van der Waals surface area contributed by atoms with Crippen molar-refractivity contribution in [2.24, 2.45) is 0 Å². The van der Waals surface area contributed by atoms with Gasteiger partial charge in [-0.1, -0.05) is 6.92 Å². The number of β-amino-alcohol motifs (C(OH)–C–C–N with tert-alkyl or cyclic N) is 1. The van der Waals surface area contributed by atoms with Crippen LogP contribution in [0.15, 0.2) is 12.1 Å². The average Bonchev–Trinajstić information content (AvgIpc) is 2.73. The third-order valence-corrected chi connectivity index (χ3v) is 3.51. The van der Waals surface area contributed by atoms with Crippen molar-refractivity contribution < 1.29 is 5.11 Å². The molecule has 1 saturated heterocycles. The minimum atomic E-state index is -0.580. The Morgan fingerprint density at radius 3 is 2.88 bits per heavy atom. The molecule has 17 heavy (non-hydrogen) atoms. The summed E-state index contributed by atoms with van der Waals surface area (Å²) in [6.45, 7) is 5.29. The second-order valence-corrected chi connectivity index (χ2v) is 4.66. The second kappa shape index (κ2) is 4.34. The lowest BCUT2D eigenvalue weighted by atomic mass is 10.0. The van der Waals surface area contributed by atoms with E-state index in [4.69, 9.17) is 5.26 Å². The van der Waals surface area contributed by atoms with E-state index in [1.807, 2.05) is 19.9 Å². The van der Waals surface area contributed by atoms with Gasteiger partial charge in [-0.25, -0.2) is 4.98 Å². The summed E-state index contributed by atoms with van der Waals surface area (Å²) in [7, 11) is 0. The molecule has 0 aliphatic carbocycles. The predicted molar refractivity (Wildman–Crippen MR) is 65.8 cm³/mol. The molecule has 1 aliphatic heterocycles. The lowest BCUT2D eigenvalue weighted by molar-refractivity contribution is 0.0593. The molecule has 0 amide bonds. The molecule has 1 aromatic heterocycles. The Morgan fingerprint density at radius 1 is 1.59 bits per heavy atom. The molecular weight excluding hydrogens is 214 g/mol. The molecule has 90 valence electrons. The summed E-state index contributed by atoms with van der Waals surface area (Å²) in [6, 6.07) is 5.76. The molecule has 1 aromatic rings. The van der Waals surface area contributed by atoms with Gasteiger partial charge in [0.15, 0.2) is 0 Å². The lowest BCUT2D eigenvalue weighted by Crippen LogP contribution is -2.32. The zero-order valence-electron chi connectivity index (χ0n) is 10.3. The average molecular weight is 231 g/mol. The Hall–Kier alpha value is -1.60. The normalized spacial score (nSPS) is 23.8. The summed E-state index contributed by atoms with van der Waals surface area (Å²) in [5, 5.41) is 19.0. The highest BCUT2D eigenvalue weighted by Crippen LogP contribution is 2.28. The van der Waals surface area contributed by atoms with Crippen molar-refractivity contribution >= 4 is 5.82 Å². The van der Waals surface area contributed by atoms with E-state index >= 15 is 0 Å². The highest BCUT2D eigenvalue weighted by Gasteiger charge is 2.34. The van der Waals surface area contributed by atoms with Gasteiger partial charge in [0.05, 0.1) is 16.9 Å². The first-order valence-electron chi connectivity index (χ1n) is 5.93. The maximum Gasteiger partial charge on any atom is 0.128 e. The molecule has 0 spiro atoms. The van der Waals surface area contributed by atoms with Crippen molar-refractivity contribution in [3.63, 3.8) is 0 Å². The number of nitrogens with zero attached hydrogens (tertiary/aromatic N) is 3. The standard InChI is InChI=1S/C13H17N3O/c1-3-13(17)6-7-16(9-13)12-5-4-11(8-14)10(2)15-12/h4-5,17H,3,6-7,9H2,1-2H3. The number of aromatic nitrogens is 1. The van der Waals surface area contributed by atoms with Crippen LogP contribution in [-0.2, 0) is 0 Å². The number of hydrogen-bond acceptors (Lipinski definition) is 4. The van der Waals surface area contributed by atoms with E-state index in [2.05, 4.69) is 16.0 Å². The number of rotatable bonds is 2. The fourth-order valence-corrected chi connectivity index (χ4v) is 2.18. The molecule has 1 atom stereocenters. The largest absolute Gasteiger partial charge is 0.388 e. The van der Waals surface area contributed by atoms with Gasteiger partial charge in [-0.3, -0.25) is 0 Å². The molecule has 4 heteroatoms. The highest BCUT2D eigenvalue weighted by atomic mass is 16.3. The Morgan fingerprint density at radius 2 is 2.35 bits per heavy atom. The number of aliphatic hydroxyl groups is 1. The van der Waals surface area contributed by atoms with Crippen LogP contribution in [-0.4, -0.2) is 28.8 Å². The maximum absolute atomic E-state index is 10.2. The number of hydrogen-bond donors (Lipinski definition) is 1. The van der Waals surface area contributed by atoms with E-state index in [1.165, 1.54) is 0 Å². The molecular formula is C13H17N3O. The van der Waals surface area contributed by atoms with Crippen molar-refractivity contribution in [2.45, 2.75) is 32.3 Å². The summed E-state index contributed by atoms with van der Waals surface area (Å²) in [5.74, 6) is 0.853. The van der Waals surface area contributed by atoms with Crippen molar-refractivity contribution in [3.8, 4) is 6.07 Å². The van der Waals surface area contributed by atoms with Crippen molar-refractivity contribution in [1.29, 1.82) is 5.26 Å². The fraction of sp³-hybridized carbons (Fsp3) is 0.538. The molecule has 4 nitrogen and oxygen atoms in total. The zero-order chi connectivity index (χ0) is 12.5. The third-order valence-electron chi connectivity index (χ3n) is 3.51. The van der Waals surface area contributed by atoms with Gasteiger partial charge in [0.25, 0.3) is 0 Å². The predicted octanol–water partition coefficient (Wildman–Crippen LogP) is 1.61. The minimum Gasteiger partial charge on any atom is -0.388 e. The molecule has 0 bridgehead atoms. The quantitative estimate of drug-likeness (QED) is 0.840. The second-order valence-electron chi connectivity index (χ2n) is 4.66. The molecule has 0 aromatic carbocycles. The molecule has 1 aliphatic rings. The minimum absolute atomic E-state index is 0.580. The van der Waals surface area contributed by atoms with Gasteiger partial charge in [0.2, 0.25) is 0 Å². The van der Waals surface area contributed by atoms with Crippen molar-refractivity contribution in [1.82, 2.24) is 4.98 Å². The number of nitriles is 1. The summed E-state index contributed by atoms with van der Waals surface area (Å²) in [5.41, 5.74) is 0.777. The summed E-state index contributed by atoms with van der Waals surface area (Å²) in [6.07, 6.45) is 1.54. The van der Waals surface area contributed by atoms with E-state index in [0.717, 1.165) is 30.9 Å². The maximum atomic E-state index is 10.2. The summed E-state index contributed by atoms with van der Waals surface area (Å²) < 4.78 is 0. The van der Waals surface area contributed by atoms with Crippen LogP contribution in [0.4, 0.5) is 5.82 Å². The highest BCUT2D eigenvalue weighted by molar-refractivity contribution is 5.46. The van der Waals surface area contributed by atoms with Crippen LogP contribution in [0.3, 0.4) is 0 Å². The van der Waals surface area contributed by atoms with Gasteiger partial charge >= 0.3 is 0 Å². The van der Waals surface area contributed by atoms with E-state index in [-0.39, 0.29) is 0 Å². The lowest BCUT2D eigenvalue weighted by Gasteiger charge is -2.22. The fourth-order valence-electron chi connectivity index (χ4n) is 2.18. The first-order chi connectivity index (χ1) is 8.08. The SMILES string of the molecule is CCC1(O)CCN(c2ccc(C#N)c(C)n2)C1. The summed E-state index contributed by atoms with van der Waals surface area (Å²) in [4.78, 5) is 6.50. The van der Waals surface area contributed by atoms with Crippen LogP contribution in [0.2, 0.25) is 0 Å². The van der Waals surface area contributed by atoms with Gasteiger partial charge in [-0.05, 0) is 31.9 Å². The first-order valence-corrected chi connectivity index (χ1v) is 5.93. The Kier molecular flexibility index (Phi) is 3.03. The zero-order valence-corrected chi connectivity index (χ0v) is 10.3. The van der Waals surface area contributed by atoms with E-state index in [0.29, 0.717) is 12.1 Å². The van der Waals surface area contributed by atoms with Crippen LogP contribution in [0.25, 0.3) is 0 Å². The van der Waals surface area contributed by atoms with Crippen LogP contribution in [0.5, 0.6) is 0 Å². The topological polar surface area (TPSA) is 60.1 Å². The Bertz CT molecular complexity index is 466. The molecule has 1 N–H and O–H groups in total. The first kappa shape index (κ1) is 11.9. The van der Waals surface area contributed by atoms with Crippen LogP contribution in [0, 0.1) is 18.3 Å². The Balaban J connectivity index is 2.20. The van der Waals surface area contributed by atoms with Crippen LogP contribution < -0.4 is 4.90 Å². The third kappa shape index (κ3) is 2.25. The molecule has 2 rings (SSSR count). The number of anilines is 1. The monoisotopic (exact) mass is 231 g/mol. The smallest absolute Gasteiger partial charge is 0.128 e. The van der Waals surface area contributed by atoms with Crippen LogP contribution in [0.1, 0.15) is 31.0 Å². The van der Waals surface area contributed by atoms with Crippen molar-refractivity contribution in [2.75, 3.05) is 18.0 Å². The van der Waals surface area contributed by atoms with Gasteiger partial charge in [-0.15, -0.1) is 0 Å². The van der Waals surface area contributed by atoms with Crippen LogP contribution >= 0.6 is 0 Å². The molecule has 1 fully saturated rings. The van der Waals surface area contributed by atoms with E-state index < -0.39 is 5.60 Å². The van der Waals surface area contributed by atoms with Gasteiger partial charge in [0, 0.05) is 13.1 Å². The number of pyridine rings is 1. The van der Waals surface area contributed by atoms with E-state index in [9.17, 15) is 5.11 Å². The van der Waals surface area contributed by atoms with Crippen molar-refractivity contribution in [3.05, 3.63) is 23.4 Å². The summed E-state index contributed by atoms with van der Waals surface area (Å²) >= 11 is 0.